The lowest BCUT2D eigenvalue weighted by Crippen LogP contribution is -2.31. The number of aryl methyl sites for hydroxylation is 2. The van der Waals surface area contributed by atoms with Crippen LogP contribution < -0.4 is 5.69 Å². The molecule has 3 rings (SSSR count). The maximum absolute atomic E-state index is 13.6. The topological polar surface area (TPSA) is 77.1 Å². The first-order valence-electron chi connectivity index (χ1n) is 11.0. The molecule has 2 aromatic carbocycles. The first-order valence-corrected chi connectivity index (χ1v) is 11.5. The Kier molecular flexibility index (Phi) is 7.61. The molecule has 1 unspecified atom stereocenters. The number of carbonyl (C=O) groups excluding carboxylic acids is 1. The van der Waals surface area contributed by atoms with Crippen LogP contribution in [-0.4, -0.2) is 27.4 Å². The van der Waals surface area contributed by atoms with Crippen molar-refractivity contribution in [2.24, 2.45) is 0 Å². The Morgan fingerprint density at radius 2 is 1.84 bits per heavy atom. The largest absolute Gasteiger partial charge is 0.466 e. The van der Waals surface area contributed by atoms with E-state index < -0.39 is 0 Å². The van der Waals surface area contributed by atoms with Gasteiger partial charge in [0.15, 0.2) is 0 Å². The molecule has 3 aromatic rings. The van der Waals surface area contributed by atoms with Crippen LogP contribution in [0.5, 0.6) is 0 Å². The van der Waals surface area contributed by atoms with E-state index in [1.54, 1.807) is 16.1 Å². The lowest BCUT2D eigenvalue weighted by molar-refractivity contribution is -0.144. The van der Waals surface area contributed by atoms with Crippen LogP contribution in [0.2, 0.25) is 0 Å². The minimum absolute atomic E-state index is 0.127. The van der Waals surface area contributed by atoms with Gasteiger partial charge in [-0.15, -0.1) is 12.6 Å². The molecular formula is C25H31N3O3S. The predicted molar refractivity (Wildman–Crippen MR) is 131 cm³/mol. The molecule has 0 saturated heterocycles. The van der Waals surface area contributed by atoms with Crippen molar-refractivity contribution in [2.75, 3.05) is 6.61 Å². The van der Waals surface area contributed by atoms with Crippen molar-refractivity contribution in [1.82, 2.24) is 9.13 Å². The molecule has 0 aliphatic rings. The number of benzene rings is 2. The summed E-state index contributed by atoms with van der Waals surface area (Å²) in [6, 6.07) is 11.2. The number of esters is 1. The third kappa shape index (κ3) is 4.83. The van der Waals surface area contributed by atoms with Gasteiger partial charge in [-0.05, 0) is 56.5 Å². The molecule has 0 amide bonds. The second kappa shape index (κ2) is 10.2. The Morgan fingerprint density at radius 3 is 2.47 bits per heavy atom. The van der Waals surface area contributed by atoms with Gasteiger partial charge in [0.1, 0.15) is 0 Å². The summed E-state index contributed by atoms with van der Waals surface area (Å²) in [7, 11) is 0. The smallest absolute Gasteiger partial charge is 0.329 e. The summed E-state index contributed by atoms with van der Waals surface area (Å²) in [5, 5.41) is 8.76. The highest BCUT2D eigenvalue weighted by Crippen LogP contribution is 2.25. The lowest BCUT2D eigenvalue weighted by Gasteiger charge is -2.17. The second-order valence-corrected chi connectivity index (χ2v) is 8.62. The van der Waals surface area contributed by atoms with E-state index in [9.17, 15) is 9.59 Å². The average Bonchev–Trinajstić information content (AvgIpc) is 2.99. The first-order chi connectivity index (χ1) is 15.3. The predicted octanol–water partition coefficient (Wildman–Crippen LogP) is 5.07. The van der Waals surface area contributed by atoms with E-state index in [1.807, 2.05) is 57.2 Å². The molecule has 1 aromatic heterocycles. The molecule has 1 N–H and O–H groups in total. The van der Waals surface area contributed by atoms with E-state index in [4.69, 9.17) is 10.1 Å². The van der Waals surface area contributed by atoms with Gasteiger partial charge in [-0.2, -0.15) is 0 Å². The van der Waals surface area contributed by atoms with E-state index in [0.717, 1.165) is 39.0 Å². The van der Waals surface area contributed by atoms with Gasteiger partial charge in [-0.25, -0.2) is 4.79 Å². The van der Waals surface area contributed by atoms with Gasteiger partial charge in [-0.3, -0.25) is 13.9 Å². The number of para-hydroxylation sites is 2. The fourth-order valence-corrected chi connectivity index (χ4v) is 4.90. The van der Waals surface area contributed by atoms with E-state index in [0.29, 0.717) is 18.7 Å². The van der Waals surface area contributed by atoms with Gasteiger partial charge in [0, 0.05) is 16.5 Å². The molecule has 32 heavy (non-hydrogen) atoms. The van der Waals surface area contributed by atoms with Crippen LogP contribution >= 0.6 is 12.6 Å². The Balaban J connectivity index is 2.08. The van der Waals surface area contributed by atoms with Crippen molar-refractivity contribution in [3.63, 3.8) is 0 Å². The third-order valence-electron chi connectivity index (χ3n) is 5.64. The van der Waals surface area contributed by atoms with Crippen LogP contribution in [0, 0.1) is 19.3 Å². The standard InChI is InChI=1S/C25H31N3O3S/c1-5-9-18(14-23(29)31-6-2)28-21-11-8-7-10-20(21)27(25(28)30)15-19(26)24-17(4)12-16(3)13-22(24)32/h7-8,10-13,18,26,32H,5-6,9,14-15H2,1-4H3. The summed E-state index contributed by atoms with van der Waals surface area (Å²) < 4.78 is 8.48. The fourth-order valence-electron chi connectivity index (χ4n) is 4.38. The van der Waals surface area contributed by atoms with Crippen LogP contribution in [0.25, 0.3) is 11.0 Å². The normalized spacial score (nSPS) is 12.2. The summed E-state index contributed by atoms with van der Waals surface area (Å²) in [5.41, 5.74) is 4.41. The fraction of sp³-hybridized carbons (Fsp3) is 0.400. The molecule has 0 spiro atoms. The molecule has 0 fully saturated rings. The maximum atomic E-state index is 13.6. The summed E-state index contributed by atoms with van der Waals surface area (Å²) in [5.74, 6) is -0.308. The Hall–Kier alpha value is -2.80. The molecule has 0 aliphatic heterocycles. The van der Waals surface area contributed by atoms with Crippen LogP contribution in [-0.2, 0) is 16.1 Å². The molecule has 0 saturated carbocycles. The highest BCUT2D eigenvalue weighted by Gasteiger charge is 2.24. The molecule has 0 radical (unpaired) electrons. The monoisotopic (exact) mass is 453 g/mol. The molecular weight excluding hydrogens is 422 g/mol. The molecule has 1 heterocycles. The zero-order valence-electron chi connectivity index (χ0n) is 19.1. The van der Waals surface area contributed by atoms with Gasteiger partial charge in [-0.1, -0.05) is 31.5 Å². The van der Waals surface area contributed by atoms with E-state index >= 15 is 0 Å². The van der Waals surface area contributed by atoms with Crippen LogP contribution in [0.3, 0.4) is 0 Å². The quantitative estimate of drug-likeness (QED) is 0.270. The first kappa shape index (κ1) is 23.9. The van der Waals surface area contributed by atoms with Crippen molar-refractivity contribution >= 4 is 35.3 Å². The van der Waals surface area contributed by atoms with Gasteiger partial charge in [0.25, 0.3) is 0 Å². The number of rotatable bonds is 9. The minimum Gasteiger partial charge on any atom is -0.466 e. The SMILES string of the molecule is CCCC(CC(=O)OCC)n1c(=O)n(CC(=N)c2c(C)cc(C)cc2S)c2ccccc21. The molecule has 1 atom stereocenters. The Labute approximate surface area is 194 Å². The number of fused-ring (bicyclic) bond motifs is 1. The van der Waals surface area contributed by atoms with Gasteiger partial charge in [0.05, 0.1) is 36.3 Å². The zero-order valence-corrected chi connectivity index (χ0v) is 20.0. The van der Waals surface area contributed by atoms with Gasteiger partial charge < -0.3 is 10.1 Å². The highest BCUT2D eigenvalue weighted by atomic mass is 32.1. The number of carbonyl (C=O) groups is 1. The van der Waals surface area contributed by atoms with Crippen molar-refractivity contribution < 1.29 is 9.53 Å². The van der Waals surface area contributed by atoms with Crippen LogP contribution in [0.15, 0.2) is 46.1 Å². The molecule has 6 nitrogen and oxygen atoms in total. The maximum Gasteiger partial charge on any atom is 0.329 e. The second-order valence-electron chi connectivity index (χ2n) is 8.13. The summed E-state index contributed by atoms with van der Waals surface area (Å²) in [6.07, 6.45) is 1.66. The molecule has 0 aliphatic carbocycles. The Morgan fingerprint density at radius 1 is 1.16 bits per heavy atom. The Bertz CT molecular complexity index is 1190. The van der Waals surface area contributed by atoms with E-state index in [2.05, 4.69) is 12.6 Å². The minimum atomic E-state index is -0.308. The highest BCUT2D eigenvalue weighted by molar-refractivity contribution is 7.80. The van der Waals surface area contributed by atoms with Gasteiger partial charge in [0.2, 0.25) is 0 Å². The van der Waals surface area contributed by atoms with E-state index in [1.165, 1.54) is 0 Å². The van der Waals surface area contributed by atoms with E-state index in [-0.39, 0.29) is 30.7 Å². The lowest BCUT2D eigenvalue weighted by atomic mass is 10.0. The summed E-state index contributed by atoms with van der Waals surface area (Å²) in [4.78, 5) is 26.6. The van der Waals surface area contributed by atoms with Gasteiger partial charge >= 0.3 is 11.7 Å². The number of imidazole rings is 1. The molecule has 170 valence electrons. The number of hydrogen-bond donors (Lipinski definition) is 2. The van der Waals surface area contributed by atoms with Crippen molar-refractivity contribution in [3.05, 3.63) is 63.6 Å². The summed E-state index contributed by atoms with van der Waals surface area (Å²) >= 11 is 4.58. The summed E-state index contributed by atoms with van der Waals surface area (Å²) in [6.45, 7) is 8.20. The van der Waals surface area contributed by atoms with Crippen molar-refractivity contribution in [3.8, 4) is 0 Å². The number of nitrogens with zero attached hydrogens (tertiary/aromatic N) is 2. The number of ether oxygens (including phenoxy) is 1. The van der Waals surface area contributed by atoms with Crippen molar-refractivity contribution in [1.29, 1.82) is 5.41 Å². The number of aromatic nitrogens is 2. The zero-order chi connectivity index (χ0) is 23.4. The molecule has 0 bridgehead atoms. The third-order valence-corrected chi connectivity index (χ3v) is 5.99. The number of hydrogen-bond acceptors (Lipinski definition) is 5. The number of thiol groups is 1. The number of nitrogens with one attached hydrogen (secondary N) is 1. The average molecular weight is 454 g/mol. The van der Waals surface area contributed by atoms with Crippen molar-refractivity contribution in [2.45, 2.75) is 64.4 Å². The molecule has 7 heteroatoms. The van der Waals surface area contributed by atoms with Crippen LogP contribution in [0.4, 0.5) is 0 Å². The van der Waals surface area contributed by atoms with Crippen LogP contribution in [0.1, 0.15) is 55.8 Å².